The highest BCUT2D eigenvalue weighted by molar-refractivity contribution is 8.00. The van der Waals surface area contributed by atoms with E-state index in [0.717, 1.165) is 5.57 Å². The fourth-order valence-electron chi connectivity index (χ4n) is 1.85. The van der Waals surface area contributed by atoms with Crippen molar-refractivity contribution in [2.75, 3.05) is 11.6 Å². The van der Waals surface area contributed by atoms with E-state index < -0.39 is 6.04 Å². The van der Waals surface area contributed by atoms with Crippen molar-refractivity contribution in [2.45, 2.75) is 18.3 Å². The van der Waals surface area contributed by atoms with E-state index in [1.54, 1.807) is 11.8 Å². The quantitative estimate of drug-likeness (QED) is 0.563. The van der Waals surface area contributed by atoms with Crippen LogP contribution in [0.5, 0.6) is 0 Å². The zero-order valence-corrected chi connectivity index (χ0v) is 9.77. The van der Waals surface area contributed by atoms with Crippen LogP contribution >= 0.6 is 23.4 Å². The molecule has 0 saturated carbocycles. The molecule has 1 amide bonds. The summed E-state index contributed by atoms with van der Waals surface area (Å²) in [4.78, 5) is 24.5. The Bertz CT molecular complexity index is 369. The standard InChI is InChI=1S/C9H11ClN2O2S/c1-4(13)7-5(2-10)3-15-9-6(11)8(14)12(7)9/h6,9H,2-3,11H2,1H3/t6-,9-/m1/s1. The Morgan fingerprint density at radius 3 is 2.93 bits per heavy atom. The number of amides is 1. The highest BCUT2D eigenvalue weighted by Gasteiger charge is 2.50. The summed E-state index contributed by atoms with van der Waals surface area (Å²) in [6, 6.07) is -0.471. The fourth-order valence-corrected chi connectivity index (χ4v) is 3.47. The van der Waals surface area contributed by atoms with Crippen LogP contribution in [0.1, 0.15) is 6.92 Å². The van der Waals surface area contributed by atoms with Crippen LogP contribution in [-0.2, 0) is 9.59 Å². The summed E-state index contributed by atoms with van der Waals surface area (Å²) in [7, 11) is 0. The summed E-state index contributed by atoms with van der Waals surface area (Å²) in [5.74, 6) is 0.671. The van der Waals surface area contributed by atoms with Crippen LogP contribution in [0.25, 0.3) is 0 Å². The van der Waals surface area contributed by atoms with Gasteiger partial charge >= 0.3 is 0 Å². The van der Waals surface area contributed by atoms with Crippen LogP contribution in [0, 0.1) is 0 Å². The molecule has 2 N–H and O–H groups in total. The predicted molar refractivity (Wildman–Crippen MR) is 59.5 cm³/mol. The number of hydrogen-bond donors (Lipinski definition) is 1. The Kier molecular flexibility index (Phi) is 2.79. The number of allylic oxidation sites excluding steroid dienone is 1. The lowest BCUT2D eigenvalue weighted by Gasteiger charge is -2.48. The van der Waals surface area contributed by atoms with Crippen LogP contribution in [0.15, 0.2) is 11.3 Å². The molecule has 0 aromatic heterocycles. The van der Waals surface area contributed by atoms with Crippen molar-refractivity contribution in [1.82, 2.24) is 4.90 Å². The van der Waals surface area contributed by atoms with Crippen molar-refractivity contribution < 1.29 is 9.59 Å². The lowest BCUT2D eigenvalue weighted by Crippen LogP contribution is -2.68. The van der Waals surface area contributed by atoms with Gasteiger partial charge in [0.25, 0.3) is 0 Å². The molecule has 4 nitrogen and oxygen atoms in total. The van der Waals surface area contributed by atoms with Crippen molar-refractivity contribution in [2.24, 2.45) is 5.73 Å². The molecule has 6 heteroatoms. The number of thioether (sulfide) groups is 1. The van der Waals surface area contributed by atoms with Gasteiger partial charge in [-0.25, -0.2) is 0 Å². The molecule has 82 valence electrons. The number of fused-ring (bicyclic) bond motifs is 1. The van der Waals surface area contributed by atoms with Gasteiger partial charge < -0.3 is 5.73 Å². The second-order valence-electron chi connectivity index (χ2n) is 3.58. The molecule has 2 aliphatic rings. The maximum absolute atomic E-state index is 11.5. The number of hydrogen-bond acceptors (Lipinski definition) is 4. The number of rotatable bonds is 2. The molecular weight excluding hydrogens is 236 g/mol. The third kappa shape index (κ3) is 1.49. The molecule has 0 unspecified atom stereocenters. The average Bonchev–Trinajstić information content (AvgIpc) is 2.25. The fraction of sp³-hybridized carbons (Fsp3) is 0.556. The number of β-lactam (4-membered cyclic amide) rings is 1. The molecule has 15 heavy (non-hydrogen) atoms. The second kappa shape index (κ2) is 3.81. The minimum Gasteiger partial charge on any atom is -0.317 e. The Morgan fingerprint density at radius 2 is 2.40 bits per heavy atom. The molecule has 0 bridgehead atoms. The van der Waals surface area contributed by atoms with Gasteiger partial charge in [0, 0.05) is 18.6 Å². The molecule has 0 radical (unpaired) electrons. The van der Waals surface area contributed by atoms with E-state index in [0.29, 0.717) is 11.4 Å². The topological polar surface area (TPSA) is 63.4 Å². The third-order valence-corrected chi connectivity index (χ3v) is 4.27. The lowest BCUT2D eigenvalue weighted by molar-refractivity contribution is -0.143. The molecule has 0 aromatic carbocycles. The van der Waals surface area contributed by atoms with Gasteiger partial charge in [-0.2, -0.15) is 0 Å². The number of alkyl halides is 1. The molecule has 2 heterocycles. The first-order valence-electron chi connectivity index (χ1n) is 4.57. The largest absolute Gasteiger partial charge is 0.317 e. The van der Waals surface area contributed by atoms with E-state index in [9.17, 15) is 9.59 Å². The van der Waals surface area contributed by atoms with Crippen LogP contribution in [0.3, 0.4) is 0 Å². The van der Waals surface area contributed by atoms with Gasteiger partial charge in [0.15, 0.2) is 5.78 Å². The summed E-state index contributed by atoms with van der Waals surface area (Å²) in [6.45, 7) is 1.45. The van der Waals surface area contributed by atoms with Crippen LogP contribution in [0.2, 0.25) is 0 Å². The normalized spacial score (nSPS) is 30.1. The number of Topliss-reactive ketones (excluding diaryl/α,β-unsaturated/α-hetero) is 1. The number of ketones is 1. The van der Waals surface area contributed by atoms with Gasteiger partial charge in [-0.3, -0.25) is 14.5 Å². The van der Waals surface area contributed by atoms with Gasteiger partial charge in [0.05, 0.1) is 5.70 Å². The molecule has 0 aromatic rings. The lowest BCUT2D eigenvalue weighted by atomic mass is 10.0. The molecule has 2 rings (SSSR count). The highest BCUT2D eigenvalue weighted by Crippen LogP contribution is 2.39. The van der Waals surface area contributed by atoms with E-state index >= 15 is 0 Å². The molecule has 0 spiro atoms. The van der Waals surface area contributed by atoms with Crippen molar-refractivity contribution in [3.05, 3.63) is 11.3 Å². The predicted octanol–water partition coefficient (Wildman–Crippen LogP) is 0.311. The monoisotopic (exact) mass is 246 g/mol. The van der Waals surface area contributed by atoms with Gasteiger partial charge in [-0.15, -0.1) is 23.4 Å². The third-order valence-electron chi connectivity index (χ3n) is 2.58. The van der Waals surface area contributed by atoms with Crippen molar-refractivity contribution in [3.8, 4) is 0 Å². The first-order valence-corrected chi connectivity index (χ1v) is 6.15. The average molecular weight is 247 g/mol. The second-order valence-corrected chi connectivity index (χ2v) is 4.95. The molecule has 0 aliphatic carbocycles. The minimum atomic E-state index is -0.471. The number of nitrogens with two attached hydrogens (primary N) is 1. The van der Waals surface area contributed by atoms with Crippen LogP contribution < -0.4 is 5.73 Å². The first-order chi connectivity index (χ1) is 7.07. The van der Waals surface area contributed by atoms with Crippen molar-refractivity contribution in [3.63, 3.8) is 0 Å². The summed E-state index contributed by atoms with van der Waals surface area (Å²) < 4.78 is 0. The summed E-state index contributed by atoms with van der Waals surface area (Å²) in [5, 5.41) is -0.0802. The van der Waals surface area contributed by atoms with E-state index in [-0.39, 0.29) is 22.9 Å². The molecule has 2 aliphatic heterocycles. The van der Waals surface area contributed by atoms with Crippen LogP contribution in [0.4, 0.5) is 0 Å². The van der Waals surface area contributed by atoms with E-state index in [1.807, 2.05) is 0 Å². The smallest absolute Gasteiger partial charge is 0.248 e. The van der Waals surface area contributed by atoms with E-state index in [2.05, 4.69) is 0 Å². The molecule has 1 fully saturated rings. The van der Waals surface area contributed by atoms with E-state index in [4.69, 9.17) is 17.3 Å². The minimum absolute atomic E-state index is 0.0802. The summed E-state index contributed by atoms with van der Waals surface area (Å²) in [6.07, 6.45) is 0. The van der Waals surface area contributed by atoms with Gasteiger partial charge in [-0.05, 0) is 5.57 Å². The Hall–Kier alpha value is -0.520. The zero-order chi connectivity index (χ0) is 11.2. The zero-order valence-electron chi connectivity index (χ0n) is 8.20. The number of halogens is 1. The van der Waals surface area contributed by atoms with Gasteiger partial charge in [-0.1, -0.05) is 0 Å². The maximum atomic E-state index is 11.5. The number of carbonyl (C=O) groups is 2. The Morgan fingerprint density at radius 1 is 1.73 bits per heavy atom. The van der Waals surface area contributed by atoms with Gasteiger partial charge in [0.1, 0.15) is 11.4 Å². The number of carbonyl (C=O) groups excluding carboxylic acids is 2. The summed E-state index contributed by atoms with van der Waals surface area (Å²) in [5.41, 5.74) is 6.93. The Balaban J connectivity index is 2.38. The SMILES string of the molecule is CC(=O)C1=C(CCl)CS[C@@H]2[C@H](N)C(=O)N12. The highest BCUT2D eigenvalue weighted by atomic mass is 35.5. The maximum Gasteiger partial charge on any atom is 0.248 e. The molecular formula is C9H11ClN2O2S. The number of nitrogens with zero attached hydrogens (tertiary/aromatic N) is 1. The Labute approximate surface area is 96.8 Å². The first kappa shape index (κ1) is 11.0. The van der Waals surface area contributed by atoms with Crippen LogP contribution in [-0.4, -0.2) is 39.6 Å². The van der Waals surface area contributed by atoms with Crippen molar-refractivity contribution in [1.29, 1.82) is 0 Å². The summed E-state index contributed by atoms with van der Waals surface area (Å²) >= 11 is 7.31. The van der Waals surface area contributed by atoms with Gasteiger partial charge in [0.2, 0.25) is 5.91 Å². The molecule has 2 atom stereocenters. The van der Waals surface area contributed by atoms with E-state index in [1.165, 1.54) is 11.8 Å². The van der Waals surface area contributed by atoms with Crippen molar-refractivity contribution >= 4 is 35.1 Å². The molecule has 1 saturated heterocycles.